The van der Waals surface area contributed by atoms with Gasteiger partial charge in [0.1, 0.15) is 5.82 Å². The van der Waals surface area contributed by atoms with Crippen molar-refractivity contribution in [1.82, 2.24) is 5.32 Å². The molecule has 0 radical (unpaired) electrons. The van der Waals surface area contributed by atoms with Crippen LogP contribution in [-0.2, 0) is 4.74 Å². The van der Waals surface area contributed by atoms with Gasteiger partial charge in [0, 0.05) is 16.6 Å². The molecule has 5 heteroatoms. The van der Waals surface area contributed by atoms with Crippen LogP contribution in [0.25, 0.3) is 0 Å². The molecule has 112 valence electrons. The quantitative estimate of drug-likeness (QED) is 0.708. The summed E-state index contributed by atoms with van der Waals surface area (Å²) in [7, 11) is 0. The number of benzene rings is 1. The molecule has 0 aliphatic heterocycles. The summed E-state index contributed by atoms with van der Waals surface area (Å²) in [5.74, 6) is 0.151. The Hall–Kier alpha value is -0.160. The van der Waals surface area contributed by atoms with Gasteiger partial charge in [-0.25, -0.2) is 4.39 Å². The van der Waals surface area contributed by atoms with E-state index in [2.05, 4.69) is 21.2 Å². The molecule has 2 unspecified atom stereocenters. The minimum absolute atomic E-state index is 0.00620. The van der Waals surface area contributed by atoms with Gasteiger partial charge in [0.15, 0.2) is 0 Å². The largest absolute Gasteiger partial charge is 0.376 e. The van der Waals surface area contributed by atoms with Gasteiger partial charge in [-0.3, -0.25) is 0 Å². The van der Waals surface area contributed by atoms with Gasteiger partial charge in [0.05, 0.1) is 17.2 Å². The lowest BCUT2D eigenvalue weighted by Gasteiger charge is -2.29. The van der Waals surface area contributed by atoms with Crippen LogP contribution in [0.3, 0.4) is 0 Å². The second kappa shape index (κ2) is 7.21. The average Bonchev–Trinajstić information content (AvgIpc) is 3.25. The highest BCUT2D eigenvalue weighted by Crippen LogP contribution is 2.41. The van der Waals surface area contributed by atoms with Gasteiger partial charge in [-0.1, -0.05) is 24.6 Å². The van der Waals surface area contributed by atoms with Crippen LogP contribution < -0.4 is 5.32 Å². The summed E-state index contributed by atoms with van der Waals surface area (Å²) in [5, 5.41) is 3.49. The number of ether oxygens (including phenoxy) is 1. The van der Waals surface area contributed by atoms with Crippen LogP contribution in [-0.4, -0.2) is 19.3 Å². The molecular weight excluding hydrogens is 345 g/mol. The fourth-order valence-corrected chi connectivity index (χ4v) is 3.00. The Labute approximate surface area is 133 Å². The fraction of sp³-hybridized carbons (Fsp3) is 0.600. The van der Waals surface area contributed by atoms with Crippen molar-refractivity contribution in [3.8, 4) is 0 Å². The molecule has 1 aliphatic rings. The summed E-state index contributed by atoms with van der Waals surface area (Å²) >= 11 is 9.27. The predicted molar refractivity (Wildman–Crippen MR) is 83.7 cm³/mol. The molecule has 1 fully saturated rings. The number of nitrogens with one attached hydrogen (secondary N) is 1. The molecule has 1 aromatic carbocycles. The molecule has 1 aliphatic carbocycles. The van der Waals surface area contributed by atoms with Gasteiger partial charge >= 0.3 is 0 Å². The van der Waals surface area contributed by atoms with E-state index in [1.807, 2.05) is 13.8 Å². The summed E-state index contributed by atoms with van der Waals surface area (Å²) in [6.45, 7) is 5.38. The molecule has 0 aromatic heterocycles. The summed E-state index contributed by atoms with van der Waals surface area (Å²) in [6.07, 6.45) is 2.31. The Morgan fingerprint density at radius 1 is 1.45 bits per heavy atom. The van der Waals surface area contributed by atoms with Gasteiger partial charge < -0.3 is 10.1 Å². The molecule has 0 bridgehead atoms. The maximum Gasteiger partial charge on any atom is 0.147 e. The minimum Gasteiger partial charge on any atom is -0.376 e. The molecule has 0 spiro atoms. The first-order valence-electron chi connectivity index (χ1n) is 7.08. The van der Waals surface area contributed by atoms with Gasteiger partial charge in [0.2, 0.25) is 0 Å². The molecule has 0 heterocycles. The summed E-state index contributed by atoms with van der Waals surface area (Å²) in [4.78, 5) is 0. The monoisotopic (exact) mass is 363 g/mol. The molecule has 2 rings (SSSR count). The Morgan fingerprint density at radius 3 is 2.70 bits per heavy atom. The molecule has 1 N–H and O–H groups in total. The highest BCUT2D eigenvalue weighted by molar-refractivity contribution is 9.10. The van der Waals surface area contributed by atoms with Crippen molar-refractivity contribution in [3.05, 3.63) is 33.0 Å². The third kappa shape index (κ3) is 3.53. The smallest absolute Gasteiger partial charge is 0.147 e. The van der Waals surface area contributed by atoms with E-state index in [0.717, 1.165) is 19.4 Å². The molecule has 2 nitrogen and oxygen atoms in total. The van der Waals surface area contributed by atoms with Gasteiger partial charge in [0.25, 0.3) is 0 Å². The second-order valence-corrected chi connectivity index (χ2v) is 6.29. The first-order chi connectivity index (χ1) is 9.60. The topological polar surface area (TPSA) is 21.3 Å². The van der Waals surface area contributed by atoms with Crippen molar-refractivity contribution >= 4 is 27.5 Å². The van der Waals surface area contributed by atoms with E-state index < -0.39 is 0 Å². The van der Waals surface area contributed by atoms with Crippen LogP contribution in [0.1, 0.15) is 38.3 Å². The van der Waals surface area contributed by atoms with E-state index in [1.165, 1.54) is 0 Å². The molecule has 2 atom stereocenters. The zero-order chi connectivity index (χ0) is 14.7. The van der Waals surface area contributed by atoms with Gasteiger partial charge in [-0.2, -0.15) is 0 Å². The molecule has 1 aromatic rings. The average molecular weight is 365 g/mol. The van der Waals surface area contributed by atoms with E-state index in [0.29, 0.717) is 22.6 Å². The van der Waals surface area contributed by atoms with Crippen molar-refractivity contribution in [2.24, 2.45) is 5.92 Å². The lowest BCUT2D eigenvalue weighted by Crippen LogP contribution is -2.36. The number of likely N-dealkylation sites (N-methyl/N-ethyl adjacent to an activating group) is 1. The Balaban J connectivity index is 2.34. The summed E-state index contributed by atoms with van der Waals surface area (Å²) in [6, 6.07) is 3.42. The number of hydrogen-bond acceptors (Lipinski definition) is 2. The summed E-state index contributed by atoms with van der Waals surface area (Å²) < 4.78 is 20.9. The van der Waals surface area contributed by atoms with Gasteiger partial charge in [-0.15, -0.1) is 0 Å². The normalized spacial score (nSPS) is 18.1. The third-order valence-corrected chi connectivity index (χ3v) is 4.86. The maximum atomic E-state index is 14.5. The standard InChI is InChI=1S/C15H20BrClFNO/c1-3-19-14(15(20-4-2)9-5-6-9)10-7-8-11(16)12(17)13(10)18/h7-9,14-15,19H,3-6H2,1-2H3. The Morgan fingerprint density at radius 2 is 2.15 bits per heavy atom. The van der Waals surface area contributed by atoms with Crippen LogP contribution >= 0.6 is 27.5 Å². The SMILES string of the molecule is CCNC(c1ccc(Br)c(Cl)c1F)C(OCC)C1CC1. The molecular formula is C15H20BrClFNO. The number of halogens is 3. The van der Waals surface area contributed by atoms with Crippen molar-refractivity contribution in [3.63, 3.8) is 0 Å². The van der Waals surface area contributed by atoms with Crippen LogP contribution in [0.15, 0.2) is 16.6 Å². The molecule has 0 amide bonds. The first kappa shape index (κ1) is 16.2. The van der Waals surface area contributed by atoms with Crippen molar-refractivity contribution in [1.29, 1.82) is 0 Å². The number of hydrogen-bond donors (Lipinski definition) is 1. The first-order valence-corrected chi connectivity index (χ1v) is 8.25. The zero-order valence-corrected chi connectivity index (χ0v) is 14.1. The molecule has 20 heavy (non-hydrogen) atoms. The van der Waals surface area contributed by atoms with E-state index >= 15 is 0 Å². The molecule has 0 saturated heterocycles. The maximum absolute atomic E-state index is 14.5. The molecule has 1 saturated carbocycles. The zero-order valence-electron chi connectivity index (χ0n) is 11.8. The van der Waals surface area contributed by atoms with E-state index in [1.54, 1.807) is 12.1 Å². The van der Waals surface area contributed by atoms with Crippen molar-refractivity contribution < 1.29 is 9.13 Å². The van der Waals surface area contributed by atoms with Crippen LogP contribution in [0.5, 0.6) is 0 Å². The lowest BCUT2D eigenvalue weighted by atomic mass is 9.97. The summed E-state index contributed by atoms with van der Waals surface area (Å²) in [5.41, 5.74) is 0.588. The van der Waals surface area contributed by atoms with E-state index in [4.69, 9.17) is 16.3 Å². The lowest BCUT2D eigenvalue weighted by molar-refractivity contribution is 0.0181. The van der Waals surface area contributed by atoms with E-state index in [9.17, 15) is 4.39 Å². The predicted octanol–water partition coefficient (Wildman–Crippen LogP) is 4.71. The van der Waals surface area contributed by atoms with Crippen molar-refractivity contribution in [2.75, 3.05) is 13.2 Å². The van der Waals surface area contributed by atoms with Crippen LogP contribution in [0.2, 0.25) is 5.02 Å². The fourth-order valence-electron chi connectivity index (χ4n) is 2.53. The third-order valence-electron chi connectivity index (χ3n) is 3.60. The Bertz CT molecular complexity index is 467. The highest BCUT2D eigenvalue weighted by atomic mass is 79.9. The number of rotatable bonds is 7. The highest BCUT2D eigenvalue weighted by Gasteiger charge is 2.38. The second-order valence-electron chi connectivity index (χ2n) is 5.06. The Kier molecular flexibility index (Phi) is 5.84. The van der Waals surface area contributed by atoms with Gasteiger partial charge in [-0.05, 0) is 54.2 Å². The minimum atomic E-state index is -0.364. The van der Waals surface area contributed by atoms with E-state index in [-0.39, 0.29) is 23.0 Å². The van der Waals surface area contributed by atoms with Crippen LogP contribution in [0, 0.1) is 11.7 Å². The van der Waals surface area contributed by atoms with Crippen molar-refractivity contribution in [2.45, 2.75) is 38.8 Å². The van der Waals surface area contributed by atoms with Crippen LogP contribution in [0.4, 0.5) is 4.39 Å².